The van der Waals surface area contributed by atoms with E-state index in [9.17, 15) is 0 Å². The fourth-order valence-electron chi connectivity index (χ4n) is 2.80. The van der Waals surface area contributed by atoms with Gasteiger partial charge in [-0.15, -0.1) is 0 Å². The van der Waals surface area contributed by atoms with E-state index in [-0.39, 0.29) is 6.10 Å². The van der Waals surface area contributed by atoms with Crippen LogP contribution in [0.15, 0.2) is 48.5 Å². The fraction of sp³-hybridized carbons (Fsp3) is 0.368. The highest BCUT2D eigenvalue weighted by atomic mass is 35.5. The highest BCUT2D eigenvalue weighted by Crippen LogP contribution is 2.25. The van der Waals surface area contributed by atoms with E-state index < -0.39 is 0 Å². The lowest BCUT2D eigenvalue weighted by molar-refractivity contribution is -0.0504. The second-order valence-corrected chi connectivity index (χ2v) is 6.23. The Morgan fingerprint density at radius 2 is 2.04 bits per heavy atom. The summed E-state index contributed by atoms with van der Waals surface area (Å²) in [5.41, 5.74) is 1.17. The highest BCUT2D eigenvalue weighted by molar-refractivity contribution is 6.32. The van der Waals surface area contributed by atoms with Gasteiger partial charge in [0.05, 0.1) is 18.7 Å². The molecule has 0 N–H and O–H groups in total. The third kappa shape index (κ3) is 4.63. The molecular weight excluding hydrogens is 326 g/mol. The quantitative estimate of drug-likeness (QED) is 0.798. The van der Waals surface area contributed by atoms with Crippen molar-refractivity contribution >= 4 is 11.6 Å². The second-order valence-electron chi connectivity index (χ2n) is 5.82. The van der Waals surface area contributed by atoms with Crippen LogP contribution >= 0.6 is 11.6 Å². The molecule has 4 nitrogen and oxygen atoms in total. The minimum atomic E-state index is 0.0766. The Balaban J connectivity index is 1.52. The largest absolute Gasteiger partial charge is 0.495 e. The van der Waals surface area contributed by atoms with Gasteiger partial charge in [-0.2, -0.15) is 0 Å². The molecule has 0 radical (unpaired) electrons. The van der Waals surface area contributed by atoms with E-state index in [4.69, 9.17) is 25.8 Å². The van der Waals surface area contributed by atoms with Gasteiger partial charge in [0.15, 0.2) is 0 Å². The van der Waals surface area contributed by atoms with Gasteiger partial charge >= 0.3 is 0 Å². The summed E-state index contributed by atoms with van der Waals surface area (Å²) in [6.45, 7) is 3.87. The van der Waals surface area contributed by atoms with Crippen LogP contribution in [-0.4, -0.2) is 44.4 Å². The van der Waals surface area contributed by atoms with Crippen molar-refractivity contribution in [1.82, 2.24) is 4.90 Å². The maximum absolute atomic E-state index is 6.21. The normalized spacial score (nSPS) is 18.3. The van der Waals surface area contributed by atoms with Crippen LogP contribution in [0.1, 0.15) is 5.56 Å². The minimum Gasteiger partial charge on any atom is -0.495 e. The van der Waals surface area contributed by atoms with E-state index >= 15 is 0 Å². The predicted molar refractivity (Wildman–Crippen MR) is 95.0 cm³/mol. The Morgan fingerprint density at radius 3 is 2.79 bits per heavy atom. The Morgan fingerprint density at radius 1 is 1.21 bits per heavy atom. The zero-order chi connectivity index (χ0) is 16.8. The Bertz CT molecular complexity index is 650. The standard InChI is InChI=1S/C19H22ClNO3/c1-22-19-8-7-15(11-18(19)20)12-21-9-10-23-17(13-21)14-24-16-5-3-2-4-6-16/h2-8,11,17H,9-10,12-14H2,1H3/t17-/m1/s1. The zero-order valence-electron chi connectivity index (χ0n) is 13.8. The summed E-state index contributed by atoms with van der Waals surface area (Å²) in [7, 11) is 1.63. The number of nitrogens with zero attached hydrogens (tertiary/aromatic N) is 1. The van der Waals surface area contributed by atoms with Crippen LogP contribution in [-0.2, 0) is 11.3 Å². The van der Waals surface area contributed by atoms with Gasteiger partial charge in [-0.3, -0.25) is 4.90 Å². The molecule has 2 aromatic carbocycles. The average Bonchev–Trinajstić information content (AvgIpc) is 2.61. The number of methoxy groups -OCH3 is 1. The number of ether oxygens (including phenoxy) is 3. The van der Waals surface area contributed by atoms with Crippen molar-refractivity contribution in [3.8, 4) is 11.5 Å². The van der Waals surface area contributed by atoms with E-state index in [1.165, 1.54) is 5.56 Å². The van der Waals surface area contributed by atoms with E-state index in [1.807, 2.05) is 42.5 Å². The minimum absolute atomic E-state index is 0.0766. The number of para-hydroxylation sites is 1. The summed E-state index contributed by atoms with van der Waals surface area (Å²) in [6, 6.07) is 15.8. The lowest BCUT2D eigenvalue weighted by Crippen LogP contribution is -2.44. The van der Waals surface area contributed by atoms with Crippen molar-refractivity contribution < 1.29 is 14.2 Å². The van der Waals surface area contributed by atoms with Gasteiger partial charge in [0.1, 0.15) is 24.2 Å². The number of benzene rings is 2. The first-order chi connectivity index (χ1) is 11.7. The summed E-state index contributed by atoms with van der Waals surface area (Å²) in [4.78, 5) is 2.36. The number of morpholine rings is 1. The smallest absolute Gasteiger partial charge is 0.137 e. The molecule has 0 amide bonds. The third-order valence-electron chi connectivity index (χ3n) is 4.02. The number of halogens is 1. The SMILES string of the molecule is COc1ccc(CN2CCO[C@@H](COc3ccccc3)C2)cc1Cl. The molecule has 0 aromatic heterocycles. The molecule has 0 bridgehead atoms. The molecule has 24 heavy (non-hydrogen) atoms. The number of hydrogen-bond acceptors (Lipinski definition) is 4. The van der Waals surface area contributed by atoms with Crippen LogP contribution in [0.25, 0.3) is 0 Å². The molecular formula is C19H22ClNO3. The first-order valence-corrected chi connectivity index (χ1v) is 8.46. The van der Waals surface area contributed by atoms with Crippen LogP contribution < -0.4 is 9.47 Å². The number of rotatable bonds is 6. The Kier molecular flexibility index (Phi) is 5.96. The van der Waals surface area contributed by atoms with Crippen molar-refractivity contribution in [2.24, 2.45) is 0 Å². The molecule has 5 heteroatoms. The predicted octanol–water partition coefficient (Wildman–Crippen LogP) is 3.63. The molecule has 1 fully saturated rings. The molecule has 128 valence electrons. The first-order valence-electron chi connectivity index (χ1n) is 8.09. The summed E-state index contributed by atoms with van der Waals surface area (Å²) >= 11 is 6.21. The van der Waals surface area contributed by atoms with E-state index in [1.54, 1.807) is 7.11 Å². The molecule has 1 heterocycles. The molecule has 1 saturated heterocycles. The Labute approximate surface area is 147 Å². The lowest BCUT2D eigenvalue weighted by atomic mass is 10.2. The van der Waals surface area contributed by atoms with Crippen molar-refractivity contribution in [1.29, 1.82) is 0 Å². The number of hydrogen-bond donors (Lipinski definition) is 0. The second kappa shape index (κ2) is 8.38. The van der Waals surface area contributed by atoms with Crippen LogP contribution in [0.3, 0.4) is 0 Å². The molecule has 0 aliphatic carbocycles. The average molecular weight is 348 g/mol. The lowest BCUT2D eigenvalue weighted by Gasteiger charge is -2.32. The van der Waals surface area contributed by atoms with Crippen molar-refractivity contribution in [2.75, 3.05) is 33.4 Å². The summed E-state index contributed by atoms with van der Waals surface area (Å²) in [5.74, 6) is 1.58. The van der Waals surface area contributed by atoms with Crippen LogP contribution in [0, 0.1) is 0 Å². The molecule has 1 aliphatic heterocycles. The third-order valence-corrected chi connectivity index (χ3v) is 4.32. The zero-order valence-corrected chi connectivity index (χ0v) is 14.5. The summed E-state index contributed by atoms with van der Waals surface area (Å²) in [6.07, 6.45) is 0.0766. The molecule has 0 unspecified atom stereocenters. The van der Waals surface area contributed by atoms with Gasteiger partial charge in [-0.1, -0.05) is 35.9 Å². The fourth-order valence-corrected chi connectivity index (χ4v) is 3.08. The van der Waals surface area contributed by atoms with Gasteiger partial charge in [-0.25, -0.2) is 0 Å². The maximum atomic E-state index is 6.21. The molecule has 3 rings (SSSR count). The van der Waals surface area contributed by atoms with Gasteiger partial charge in [0.25, 0.3) is 0 Å². The summed E-state index contributed by atoms with van der Waals surface area (Å²) in [5, 5.41) is 0.646. The van der Waals surface area contributed by atoms with Gasteiger partial charge < -0.3 is 14.2 Å². The maximum Gasteiger partial charge on any atom is 0.137 e. The van der Waals surface area contributed by atoms with Gasteiger partial charge in [0.2, 0.25) is 0 Å². The van der Waals surface area contributed by atoms with E-state index in [0.29, 0.717) is 24.0 Å². The monoisotopic (exact) mass is 347 g/mol. The van der Waals surface area contributed by atoms with E-state index in [2.05, 4.69) is 11.0 Å². The molecule has 1 aliphatic rings. The molecule has 0 spiro atoms. The van der Waals surface area contributed by atoms with E-state index in [0.717, 1.165) is 25.4 Å². The van der Waals surface area contributed by atoms with Gasteiger partial charge in [0, 0.05) is 19.6 Å². The molecule has 2 aromatic rings. The van der Waals surface area contributed by atoms with Crippen molar-refractivity contribution in [3.05, 3.63) is 59.1 Å². The first kappa shape index (κ1) is 17.1. The van der Waals surface area contributed by atoms with Crippen molar-refractivity contribution in [3.63, 3.8) is 0 Å². The van der Waals surface area contributed by atoms with Crippen molar-refractivity contribution in [2.45, 2.75) is 12.6 Å². The summed E-state index contributed by atoms with van der Waals surface area (Å²) < 4.78 is 16.8. The van der Waals surface area contributed by atoms with Crippen LogP contribution in [0.4, 0.5) is 0 Å². The highest BCUT2D eigenvalue weighted by Gasteiger charge is 2.21. The van der Waals surface area contributed by atoms with Crippen LogP contribution in [0.5, 0.6) is 11.5 Å². The molecule has 0 saturated carbocycles. The topological polar surface area (TPSA) is 30.9 Å². The van der Waals surface area contributed by atoms with Gasteiger partial charge in [-0.05, 0) is 29.8 Å². The van der Waals surface area contributed by atoms with Crippen LogP contribution in [0.2, 0.25) is 5.02 Å². The Hall–Kier alpha value is -1.75. The molecule has 1 atom stereocenters.